The summed E-state index contributed by atoms with van der Waals surface area (Å²) in [5, 5.41) is 71.0. The average molecular weight is 741 g/mol. The molecule has 2 aromatic rings. The molecular weight excluding hydrogens is 705 g/mol. The number of nitrogens with zero attached hydrogens (tertiary/aromatic N) is 1. The maximum Gasteiger partial charge on any atom is 0.471 e. The number of morpholine rings is 1. The predicted molar refractivity (Wildman–Crippen MR) is 166 cm³/mol. The molecule has 6 N–H and O–H groups in total. The number of aromatic hydroxyl groups is 2. The van der Waals surface area contributed by atoms with Crippen molar-refractivity contribution in [2.75, 3.05) is 38.7 Å². The Kier molecular flexibility index (Phi) is 9.73. The van der Waals surface area contributed by atoms with Crippen molar-refractivity contribution in [2.45, 2.75) is 74.9 Å². The number of hydroxylamine groups is 3. The van der Waals surface area contributed by atoms with Crippen LogP contribution in [0.4, 0.5) is 18.9 Å². The minimum Gasteiger partial charge on any atom is -0.632 e. The van der Waals surface area contributed by atoms with E-state index in [2.05, 4.69) is 0 Å². The molecule has 282 valence electrons. The van der Waals surface area contributed by atoms with Crippen LogP contribution in [0.5, 0.6) is 11.5 Å². The summed E-state index contributed by atoms with van der Waals surface area (Å²) in [6, 6.07) is 1.98. The monoisotopic (exact) mass is 740 g/mol. The number of benzene rings is 2. The molecule has 0 bridgehead atoms. The van der Waals surface area contributed by atoms with E-state index in [1.165, 1.54) is 14.0 Å². The molecule has 2 aromatic carbocycles. The Hall–Kier alpha value is -4.05. The zero-order valence-electron chi connectivity index (χ0n) is 27.6. The van der Waals surface area contributed by atoms with Gasteiger partial charge in [-0.15, -0.1) is 0 Å². The Morgan fingerprint density at radius 2 is 1.81 bits per heavy atom. The van der Waals surface area contributed by atoms with E-state index in [1.807, 2.05) is 0 Å². The molecular formula is C33H35F3N2O14. The highest BCUT2D eigenvalue weighted by Crippen LogP contribution is 2.52. The molecule has 16 nitrogen and oxygen atoms in total. The number of fused-ring (bicyclic) bond motifs is 3. The Morgan fingerprint density at radius 1 is 1.12 bits per heavy atom. The Morgan fingerprint density at radius 3 is 2.46 bits per heavy atom. The highest BCUT2D eigenvalue weighted by Gasteiger charge is 2.52. The van der Waals surface area contributed by atoms with Crippen LogP contribution in [0.15, 0.2) is 18.2 Å². The number of amides is 1. The first-order chi connectivity index (χ1) is 24.3. The molecule has 52 heavy (non-hydrogen) atoms. The molecule has 2 heterocycles. The van der Waals surface area contributed by atoms with Gasteiger partial charge in [-0.3, -0.25) is 19.2 Å². The second-order valence-corrected chi connectivity index (χ2v) is 13.3. The first kappa shape index (κ1) is 37.7. The van der Waals surface area contributed by atoms with Gasteiger partial charge in [-0.1, -0.05) is 12.1 Å². The highest BCUT2D eigenvalue weighted by atomic mass is 19.4. The molecule has 2 fully saturated rings. The van der Waals surface area contributed by atoms with Gasteiger partial charge >= 0.3 is 12.1 Å². The van der Waals surface area contributed by atoms with Crippen molar-refractivity contribution in [3.8, 4) is 11.5 Å². The molecule has 6 rings (SSSR count). The van der Waals surface area contributed by atoms with Crippen LogP contribution in [-0.4, -0.2) is 129 Å². The number of halogens is 3. The van der Waals surface area contributed by atoms with Gasteiger partial charge < -0.3 is 59.7 Å². The van der Waals surface area contributed by atoms with E-state index in [0.717, 1.165) is 18.2 Å². The van der Waals surface area contributed by atoms with Crippen LogP contribution < -0.4 is 5.32 Å². The number of ether oxygens (including phenoxy) is 4. The fourth-order valence-electron chi connectivity index (χ4n) is 7.50. The third kappa shape index (κ3) is 6.24. The third-order valence-electron chi connectivity index (χ3n) is 10.2. The van der Waals surface area contributed by atoms with Crippen LogP contribution in [-0.2, 0) is 35.0 Å². The molecule has 1 amide bonds. The molecule has 4 aliphatic rings. The molecule has 2 aliphatic carbocycles. The first-order valence-electron chi connectivity index (χ1n) is 16.1. The van der Waals surface area contributed by atoms with Gasteiger partial charge in [0.05, 0.1) is 47.6 Å². The summed E-state index contributed by atoms with van der Waals surface area (Å²) in [6.45, 7) is 0.0383. The summed E-state index contributed by atoms with van der Waals surface area (Å²) in [4.78, 5) is 52.4. The number of carbonyl (C=O) groups is 4. The molecule has 0 aromatic heterocycles. The maximum atomic E-state index is 14.0. The highest BCUT2D eigenvalue weighted by molar-refractivity contribution is 6.32. The summed E-state index contributed by atoms with van der Waals surface area (Å²) < 4.78 is 61.1. The summed E-state index contributed by atoms with van der Waals surface area (Å²) in [7, 11) is 1.35. The lowest BCUT2D eigenvalue weighted by atomic mass is 9.71. The zero-order valence-corrected chi connectivity index (χ0v) is 27.6. The number of methoxy groups -OCH3 is 1. The summed E-state index contributed by atoms with van der Waals surface area (Å²) in [5.74, 6) is -7.94. The lowest BCUT2D eigenvalue weighted by molar-refractivity contribution is -0.926. The number of quaternary nitrogens is 1. The molecule has 0 radical (unpaired) electrons. The van der Waals surface area contributed by atoms with Crippen molar-refractivity contribution >= 4 is 28.9 Å². The number of rotatable bonds is 7. The van der Waals surface area contributed by atoms with Crippen LogP contribution in [0.3, 0.4) is 0 Å². The quantitative estimate of drug-likeness (QED) is 0.112. The maximum absolute atomic E-state index is 14.0. The first-order valence-corrected chi connectivity index (χ1v) is 16.1. The van der Waals surface area contributed by atoms with Crippen molar-refractivity contribution in [1.29, 1.82) is 0 Å². The van der Waals surface area contributed by atoms with Crippen molar-refractivity contribution in [2.24, 2.45) is 0 Å². The lowest BCUT2D eigenvalue weighted by Gasteiger charge is -2.56. The molecule has 2 aliphatic heterocycles. The fourth-order valence-corrected chi connectivity index (χ4v) is 7.50. The number of alkyl halides is 3. The number of ketones is 3. The molecule has 0 saturated carbocycles. The molecule has 8 atom stereocenters. The number of hydrogen-bond donors (Lipinski definition) is 6. The van der Waals surface area contributed by atoms with E-state index in [1.54, 1.807) is 5.32 Å². The van der Waals surface area contributed by atoms with Crippen LogP contribution in [0.2, 0.25) is 0 Å². The summed E-state index contributed by atoms with van der Waals surface area (Å²) in [6.07, 6.45) is -13.4. The second-order valence-electron chi connectivity index (χ2n) is 13.3. The van der Waals surface area contributed by atoms with E-state index in [4.69, 9.17) is 18.9 Å². The Labute approximate surface area is 292 Å². The third-order valence-corrected chi connectivity index (χ3v) is 10.2. The lowest BCUT2D eigenvalue weighted by Crippen LogP contribution is -2.67. The number of hydrogen-bond acceptors (Lipinski definition) is 14. The topological polar surface area (TPSA) is 241 Å². The Balaban J connectivity index is 1.44. The van der Waals surface area contributed by atoms with E-state index in [9.17, 15) is 63.1 Å². The molecule has 1 unspecified atom stereocenters. The average Bonchev–Trinajstić information content (AvgIpc) is 3.09. The van der Waals surface area contributed by atoms with Crippen molar-refractivity contribution in [1.82, 2.24) is 0 Å². The van der Waals surface area contributed by atoms with Crippen LogP contribution in [0.25, 0.3) is 0 Å². The fraction of sp³-hybridized carbons (Fsp3) is 0.515. The number of anilines is 1. The SMILES string of the molecule is CO[C@@H]1C[N+]([O-])([C@H]2C[C@H](O[C@H]3C[C@](O)(C(=O)CO)Cc4c(O)c5c(c(O)c43)C(=O)c3c(NC(=O)C(F)(F)F)cccc3C5=O)O[C@@H](C)[C@H]2O)CCO1. The second kappa shape index (κ2) is 13.4. The van der Waals surface area contributed by atoms with Gasteiger partial charge in [-0.25, -0.2) is 0 Å². The number of aliphatic hydroxyl groups is 3. The van der Waals surface area contributed by atoms with Crippen LogP contribution >= 0.6 is 0 Å². The zero-order chi connectivity index (χ0) is 38.1. The normalized spacial score (nSPS) is 31.7. The molecule has 0 spiro atoms. The van der Waals surface area contributed by atoms with E-state index < -0.39 is 147 Å². The van der Waals surface area contributed by atoms with Crippen molar-refractivity contribution in [3.05, 3.63) is 56.8 Å². The summed E-state index contributed by atoms with van der Waals surface area (Å²) >= 11 is 0. The molecule has 19 heteroatoms. The van der Waals surface area contributed by atoms with Gasteiger partial charge in [-0.05, 0) is 13.0 Å². The van der Waals surface area contributed by atoms with Crippen LogP contribution in [0, 0.1) is 5.21 Å². The predicted octanol–water partition coefficient (Wildman–Crippen LogP) is 0.852. The van der Waals surface area contributed by atoms with Crippen molar-refractivity contribution in [3.63, 3.8) is 0 Å². The van der Waals surface area contributed by atoms with Crippen molar-refractivity contribution < 1.29 is 81.5 Å². The van der Waals surface area contributed by atoms with E-state index >= 15 is 0 Å². The number of carbonyl (C=O) groups excluding carboxylic acids is 4. The van der Waals surface area contributed by atoms with Gasteiger partial charge in [0.15, 0.2) is 23.6 Å². The van der Waals surface area contributed by atoms with Gasteiger partial charge in [0.1, 0.15) is 48.9 Å². The molecule has 2 saturated heterocycles. The summed E-state index contributed by atoms with van der Waals surface area (Å²) in [5.41, 5.74) is -6.89. The van der Waals surface area contributed by atoms with Gasteiger partial charge in [0.25, 0.3) is 0 Å². The number of phenolic OH excluding ortho intramolecular Hbond substituents is 2. The van der Waals surface area contributed by atoms with Gasteiger partial charge in [-0.2, -0.15) is 13.2 Å². The van der Waals surface area contributed by atoms with Crippen LogP contribution in [0.1, 0.15) is 68.8 Å². The number of phenols is 2. The minimum absolute atomic E-state index is 0.00797. The minimum atomic E-state index is -5.37. The number of nitrogens with one attached hydrogen (secondary N) is 1. The number of aliphatic hydroxyl groups excluding tert-OH is 2. The number of Topliss-reactive ketones (excluding diaryl/α,β-unsaturated/α-hetero) is 1. The smallest absolute Gasteiger partial charge is 0.471 e. The van der Waals surface area contributed by atoms with E-state index in [0.29, 0.717) is 0 Å². The largest absolute Gasteiger partial charge is 0.632 e. The standard InChI is InChI=1S/C33H35F3N2O14/c1-13-26(41)17(38(48)6-7-50-21(11-38)49-2)8-20(51-13)52-18-10-32(47,19(40)12-39)9-15-23(18)30(45)25-24(28(15)43)27(42)14-4-3-5-16(22(14)29(25)44)37-31(46)33(34,35)36/h3-5,13,17-18,20-21,26,39,41,43,45,47H,6-12H2,1-2H3,(H,37,46)/t13-,17-,18-,20-,21-,26+,32-,38?/m0/s1. The Bertz CT molecular complexity index is 1840. The van der Waals surface area contributed by atoms with Gasteiger partial charge in [0, 0.05) is 36.6 Å². The van der Waals surface area contributed by atoms with Gasteiger partial charge in [0.2, 0.25) is 6.29 Å². The van der Waals surface area contributed by atoms with E-state index in [-0.39, 0.29) is 26.1 Å².